The zero-order valence-corrected chi connectivity index (χ0v) is 16.5. The number of rotatable bonds is 6. The Labute approximate surface area is 164 Å². The predicted molar refractivity (Wildman–Crippen MR) is 111 cm³/mol. The molecular formula is C20H23N5OS. The standard InChI is InChI=1S/C20H23N5OS/c1-4-26-19-11-7-17(8-12-19)23-20(27)24(3)15(2)16-5-9-18(10-6-16)25-14-21-13-22-25/h5-15H,4H2,1-3H3,(H,23,27)/t15-/m1/s1. The number of nitrogens with zero attached hydrogens (tertiary/aromatic N) is 4. The highest BCUT2D eigenvalue weighted by molar-refractivity contribution is 7.80. The van der Waals surface area contributed by atoms with Gasteiger partial charge < -0.3 is 15.0 Å². The van der Waals surface area contributed by atoms with Crippen LogP contribution in [0.25, 0.3) is 5.69 Å². The van der Waals surface area contributed by atoms with E-state index in [4.69, 9.17) is 17.0 Å². The third-order valence-corrected chi connectivity index (χ3v) is 4.77. The maximum absolute atomic E-state index is 5.57. The second-order valence-corrected chi connectivity index (χ2v) is 6.49. The smallest absolute Gasteiger partial charge is 0.173 e. The number of nitrogens with one attached hydrogen (secondary N) is 1. The lowest BCUT2D eigenvalue weighted by Crippen LogP contribution is -2.33. The van der Waals surface area contributed by atoms with Crippen molar-refractivity contribution in [3.05, 3.63) is 66.7 Å². The van der Waals surface area contributed by atoms with Gasteiger partial charge in [0.25, 0.3) is 0 Å². The van der Waals surface area contributed by atoms with Gasteiger partial charge in [-0.2, -0.15) is 5.10 Å². The Hall–Kier alpha value is -2.93. The van der Waals surface area contributed by atoms with Crippen LogP contribution in [0.5, 0.6) is 5.75 Å². The summed E-state index contributed by atoms with van der Waals surface area (Å²) < 4.78 is 7.20. The molecule has 0 fully saturated rings. The van der Waals surface area contributed by atoms with Crippen molar-refractivity contribution in [3.63, 3.8) is 0 Å². The van der Waals surface area contributed by atoms with Crippen molar-refractivity contribution in [3.8, 4) is 11.4 Å². The zero-order valence-electron chi connectivity index (χ0n) is 15.7. The molecule has 7 heteroatoms. The Kier molecular flexibility index (Phi) is 6.03. The Bertz CT molecular complexity index is 862. The van der Waals surface area contributed by atoms with E-state index in [1.165, 1.54) is 6.33 Å². The van der Waals surface area contributed by atoms with Gasteiger partial charge in [-0.1, -0.05) is 12.1 Å². The number of hydrogen-bond acceptors (Lipinski definition) is 4. The molecule has 0 aliphatic heterocycles. The van der Waals surface area contributed by atoms with Gasteiger partial charge in [-0.15, -0.1) is 0 Å². The van der Waals surface area contributed by atoms with Gasteiger partial charge in [0.05, 0.1) is 18.3 Å². The maximum Gasteiger partial charge on any atom is 0.173 e. The van der Waals surface area contributed by atoms with Crippen LogP contribution >= 0.6 is 12.2 Å². The van der Waals surface area contributed by atoms with Gasteiger partial charge in [0.15, 0.2) is 5.11 Å². The molecule has 3 aromatic rings. The lowest BCUT2D eigenvalue weighted by Gasteiger charge is -2.28. The van der Waals surface area contributed by atoms with E-state index in [0.29, 0.717) is 11.7 Å². The van der Waals surface area contributed by atoms with E-state index in [1.807, 2.05) is 55.3 Å². The molecule has 2 aromatic carbocycles. The van der Waals surface area contributed by atoms with Gasteiger partial charge in [0.2, 0.25) is 0 Å². The summed E-state index contributed by atoms with van der Waals surface area (Å²) in [6.45, 7) is 4.74. The first-order chi connectivity index (χ1) is 13.1. The van der Waals surface area contributed by atoms with Crippen LogP contribution in [0.4, 0.5) is 5.69 Å². The average Bonchev–Trinajstić information content (AvgIpc) is 3.23. The molecule has 0 unspecified atom stereocenters. The Morgan fingerprint density at radius 1 is 1.19 bits per heavy atom. The van der Waals surface area contributed by atoms with Crippen LogP contribution in [-0.2, 0) is 0 Å². The van der Waals surface area contributed by atoms with Crippen molar-refractivity contribution < 1.29 is 4.74 Å². The van der Waals surface area contributed by atoms with Gasteiger partial charge in [0, 0.05) is 12.7 Å². The number of aromatic nitrogens is 3. The van der Waals surface area contributed by atoms with E-state index in [9.17, 15) is 0 Å². The van der Waals surface area contributed by atoms with E-state index >= 15 is 0 Å². The van der Waals surface area contributed by atoms with E-state index in [2.05, 4.69) is 34.5 Å². The van der Waals surface area contributed by atoms with Crippen LogP contribution in [0.2, 0.25) is 0 Å². The lowest BCUT2D eigenvalue weighted by atomic mass is 10.1. The summed E-state index contributed by atoms with van der Waals surface area (Å²) in [5, 5.41) is 8.08. The van der Waals surface area contributed by atoms with Crippen LogP contribution in [-0.4, -0.2) is 38.4 Å². The molecule has 1 atom stereocenters. The molecule has 0 aliphatic rings. The first-order valence-electron chi connectivity index (χ1n) is 8.80. The van der Waals surface area contributed by atoms with Gasteiger partial charge in [-0.05, 0) is 68.0 Å². The fourth-order valence-corrected chi connectivity index (χ4v) is 2.94. The second kappa shape index (κ2) is 8.64. The van der Waals surface area contributed by atoms with E-state index in [-0.39, 0.29) is 6.04 Å². The highest BCUT2D eigenvalue weighted by atomic mass is 32.1. The quantitative estimate of drug-likeness (QED) is 0.650. The molecule has 6 nitrogen and oxygen atoms in total. The molecule has 0 bridgehead atoms. The van der Waals surface area contributed by atoms with Crippen LogP contribution < -0.4 is 10.1 Å². The summed E-state index contributed by atoms with van der Waals surface area (Å²) in [6, 6.07) is 16.1. The summed E-state index contributed by atoms with van der Waals surface area (Å²) in [4.78, 5) is 6.01. The minimum atomic E-state index is 0.123. The molecule has 0 saturated carbocycles. The Morgan fingerprint density at radius 2 is 1.89 bits per heavy atom. The molecule has 3 rings (SSSR count). The van der Waals surface area contributed by atoms with Crippen LogP contribution in [0.3, 0.4) is 0 Å². The van der Waals surface area contributed by atoms with Crippen molar-refractivity contribution in [2.45, 2.75) is 19.9 Å². The predicted octanol–water partition coefficient (Wildman–Crippen LogP) is 4.06. The molecule has 1 aromatic heterocycles. The van der Waals surface area contributed by atoms with Crippen molar-refractivity contribution in [1.29, 1.82) is 0 Å². The number of thiocarbonyl (C=S) groups is 1. The highest BCUT2D eigenvalue weighted by Crippen LogP contribution is 2.22. The molecule has 0 amide bonds. The van der Waals surface area contributed by atoms with Gasteiger partial charge in [-0.3, -0.25) is 0 Å². The third-order valence-electron chi connectivity index (χ3n) is 4.38. The lowest BCUT2D eigenvalue weighted by molar-refractivity contribution is 0.340. The largest absolute Gasteiger partial charge is 0.494 e. The first kappa shape index (κ1) is 18.8. The molecule has 0 radical (unpaired) electrons. The molecule has 1 N–H and O–H groups in total. The minimum absolute atomic E-state index is 0.123. The molecule has 1 heterocycles. The Balaban J connectivity index is 1.63. The minimum Gasteiger partial charge on any atom is -0.494 e. The molecule has 27 heavy (non-hydrogen) atoms. The number of benzene rings is 2. The van der Waals surface area contributed by atoms with Crippen molar-refractivity contribution >= 4 is 23.0 Å². The maximum atomic E-state index is 5.57. The van der Waals surface area contributed by atoms with Crippen molar-refractivity contribution in [1.82, 2.24) is 19.7 Å². The monoisotopic (exact) mass is 381 g/mol. The fraction of sp³-hybridized carbons (Fsp3) is 0.250. The first-order valence-corrected chi connectivity index (χ1v) is 9.21. The zero-order chi connectivity index (χ0) is 19.2. The molecular weight excluding hydrogens is 358 g/mol. The van der Waals surface area contributed by atoms with E-state index < -0.39 is 0 Å². The van der Waals surface area contributed by atoms with E-state index in [1.54, 1.807) is 11.0 Å². The number of hydrogen-bond donors (Lipinski definition) is 1. The SMILES string of the molecule is CCOc1ccc(NC(=S)N(C)[C@H](C)c2ccc(-n3cncn3)cc2)cc1. The van der Waals surface area contributed by atoms with Crippen LogP contribution in [0, 0.1) is 0 Å². The normalized spacial score (nSPS) is 11.7. The summed E-state index contributed by atoms with van der Waals surface area (Å²) in [5.74, 6) is 0.850. The van der Waals surface area contributed by atoms with Crippen molar-refractivity contribution in [2.24, 2.45) is 0 Å². The van der Waals surface area contributed by atoms with Crippen LogP contribution in [0.1, 0.15) is 25.5 Å². The van der Waals surface area contributed by atoms with Gasteiger partial charge >= 0.3 is 0 Å². The van der Waals surface area contributed by atoms with Crippen molar-refractivity contribution in [2.75, 3.05) is 19.0 Å². The summed E-state index contributed by atoms with van der Waals surface area (Å²) in [5.41, 5.74) is 3.07. The number of anilines is 1. The third kappa shape index (κ3) is 4.62. The second-order valence-electron chi connectivity index (χ2n) is 6.11. The Morgan fingerprint density at radius 3 is 2.48 bits per heavy atom. The summed E-state index contributed by atoms with van der Waals surface area (Å²) in [6.07, 6.45) is 3.20. The summed E-state index contributed by atoms with van der Waals surface area (Å²) >= 11 is 5.57. The topological polar surface area (TPSA) is 55.2 Å². The highest BCUT2D eigenvalue weighted by Gasteiger charge is 2.15. The molecule has 140 valence electrons. The summed E-state index contributed by atoms with van der Waals surface area (Å²) in [7, 11) is 1.99. The molecule has 0 saturated heterocycles. The number of ether oxygens (including phenoxy) is 1. The van der Waals surface area contributed by atoms with Crippen LogP contribution in [0.15, 0.2) is 61.2 Å². The fourth-order valence-electron chi connectivity index (χ4n) is 2.66. The van der Waals surface area contributed by atoms with Gasteiger partial charge in [0.1, 0.15) is 18.4 Å². The van der Waals surface area contributed by atoms with E-state index in [0.717, 1.165) is 22.7 Å². The molecule has 0 aliphatic carbocycles. The molecule has 0 spiro atoms. The van der Waals surface area contributed by atoms with Gasteiger partial charge in [-0.25, -0.2) is 9.67 Å². The average molecular weight is 382 g/mol.